The molecule has 0 rings (SSSR count). The number of alkyl halides is 1. The van der Waals surface area contributed by atoms with E-state index in [1.807, 2.05) is 0 Å². The Morgan fingerprint density at radius 2 is 1.67 bits per heavy atom. The molecular weight excluding hydrogens is 93.0 g/mol. The lowest BCUT2D eigenvalue weighted by molar-refractivity contribution is 0.188. The van der Waals surface area contributed by atoms with Crippen molar-refractivity contribution in [3.8, 4) is 0 Å². The van der Waals surface area contributed by atoms with Gasteiger partial charge in [-0.3, -0.25) is 0 Å². The van der Waals surface area contributed by atoms with Crippen molar-refractivity contribution in [1.29, 1.82) is 0 Å². The van der Waals surface area contributed by atoms with Gasteiger partial charge in [0, 0.05) is 0 Å². The maximum Gasteiger partial charge on any atom is 0.343 e. The average Bonchev–Trinajstić information content (AvgIpc) is 1.36. The quantitative estimate of drug-likeness (QED) is 0.465. The number of halogens is 3. The molecule has 0 aromatic heterocycles. The maximum atomic E-state index is 10.9. The third-order valence-electron chi connectivity index (χ3n) is 0.237. The molecule has 0 aliphatic heterocycles. The molecule has 0 N–H and O–H groups in total. The van der Waals surface area contributed by atoms with Gasteiger partial charge in [0.1, 0.15) is 0 Å². The SMILES string of the molecule is [CH2]C(F)[C](F)F. The summed E-state index contributed by atoms with van der Waals surface area (Å²) in [7, 11) is 0. The van der Waals surface area contributed by atoms with Crippen LogP contribution in [0.5, 0.6) is 0 Å². The Balaban J connectivity index is 2.99. The monoisotopic (exact) mass is 96.0 g/mol. The minimum absolute atomic E-state index is 2.27. The summed E-state index contributed by atoms with van der Waals surface area (Å²) in [4.78, 5) is 0. The Bertz CT molecular complexity index is 27.0. The van der Waals surface area contributed by atoms with Crippen LogP contribution in [0.4, 0.5) is 13.2 Å². The Morgan fingerprint density at radius 3 is 1.67 bits per heavy atom. The highest BCUT2D eigenvalue weighted by molar-refractivity contribution is 4.74. The Morgan fingerprint density at radius 1 is 1.50 bits per heavy atom. The van der Waals surface area contributed by atoms with Crippen molar-refractivity contribution in [3.63, 3.8) is 0 Å². The molecule has 6 heavy (non-hydrogen) atoms. The van der Waals surface area contributed by atoms with Crippen molar-refractivity contribution in [3.05, 3.63) is 13.3 Å². The Hall–Kier alpha value is -0.210. The summed E-state index contributed by atoms with van der Waals surface area (Å²) in [6.07, 6.45) is -4.58. The molecule has 0 fully saturated rings. The highest BCUT2D eigenvalue weighted by Crippen LogP contribution is 2.10. The normalized spacial score (nSPS) is 15.5. The van der Waals surface area contributed by atoms with Gasteiger partial charge in [-0.25, -0.2) is 4.39 Å². The van der Waals surface area contributed by atoms with Crippen LogP contribution >= 0.6 is 0 Å². The lowest BCUT2D eigenvalue weighted by Gasteiger charge is -1.90. The topological polar surface area (TPSA) is 0 Å². The fraction of sp³-hybridized carbons (Fsp3) is 0.333. The highest BCUT2D eigenvalue weighted by Gasteiger charge is 2.13. The van der Waals surface area contributed by atoms with Gasteiger partial charge in [-0.1, -0.05) is 0 Å². The summed E-state index contributed by atoms with van der Waals surface area (Å²) in [5.74, 6) is 0. The minimum Gasteiger partial charge on any atom is -0.241 e. The largest absolute Gasteiger partial charge is 0.343 e. The molecular formula is C3H3F3. The standard InChI is InChI=1S/C3H3F3/c1-2(4)3(5)6/h2H,1H2. The van der Waals surface area contributed by atoms with E-state index in [0.29, 0.717) is 0 Å². The molecule has 1 atom stereocenters. The van der Waals surface area contributed by atoms with E-state index < -0.39 is 12.6 Å². The second-order valence-electron chi connectivity index (χ2n) is 0.757. The molecule has 0 amide bonds. The van der Waals surface area contributed by atoms with Gasteiger partial charge >= 0.3 is 6.43 Å². The second-order valence-corrected chi connectivity index (χ2v) is 0.757. The lowest BCUT2D eigenvalue weighted by Crippen LogP contribution is -1.95. The molecule has 0 saturated heterocycles. The highest BCUT2D eigenvalue weighted by atomic mass is 19.3. The third-order valence-corrected chi connectivity index (χ3v) is 0.237. The first-order valence-electron chi connectivity index (χ1n) is 1.29. The van der Waals surface area contributed by atoms with Gasteiger partial charge in [0.25, 0.3) is 0 Å². The van der Waals surface area contributed by atoms with Gasteiger partial charge < -0.3 is 0 Å². The molecule has 1 unspecified atom stereocenters. The smallest absolute Gasteiger partial charge is 0.241 e. The van der Waals surface area contributed by atoms with E-state index in [1.165, 1.54) is 0 Å². The van der Waals surface area contributed by atoms with Crippen molar-refractivity contribution in [2.75, 3.05) is 0 Å². The van der Waals surface area contributed by atoms with Crippen molar-refractivity contribution in [2.24, 2.45) is 0 Å². The predicted octanol–water partition coefficient (Wildman–Crippen LogP) is 1.59. The van der Waals surface area contributed by atoms with Gasteiger partial charge in [-0.05, 0) is 6.92 Å². The van der Waals surface area contributed by atoms with Crippen molar-refractivity contribution < 1.29 is 13.2 Å². The first-order valence-corrected chi connectivity index (χ1v) is 1.29. The minimum atomic E-state index is -2.31. The average molecular weight is 96.1 g/mol. The summed E-state index contributed by atoms with van der Waals surface area (Å²) >= 11 is 0. The Labute approximate surface area is 34.0 Å². The zero-order valence-corrected chi connectivity index (χ0v) is 2.92. The second kappa shape index (κ2) is 2.05. The number of hydrogen-bond acceptors (Lipinski definition) is 0. The first kappa shape index (κ1) is 5.79. The molecule has 0 aromatic carbocycles. The fourth-order valence-corrected chi connectivity index (χ4v) is 0. The van der Waals surface area contributed by atoms with Gasteiger partial charge in [-0.15, -0.1) is 0 Å². The van der Waals surface area contributed by atoms with Gasteiger partial charge in [0.15, 0.2) is 6.17 Å². The van der Waals surface area contributed by atoms with E-state index in [1.54, 1.807) is 0 Å². The predicted molar refractivity (Wildman–Crippen MR) is 15.7 cm³/mol. The van der Waals surface area contributed by atoms with Crippen LogP contribution in [-0.4, -0.2) is 6.17 Å². The molecule has 0 aromatic rings. The maximum absolute atomic E-state index is 10.9. The molecule has 0 saturated carbocycles. The molecule has 0 nitrogen and oxygen atoms in total. The lowest BCUT2D eigenvalue weighted by atomic mass is 10.5. The van der Waals surface area contributed by atoms with E-state index in [9.17, 15) is 13.2 Å². The van der Waals surface area contributed by atoms with Gasteiger partial charge in [0.05, 0.1) is 0 Å². The molecule has 0 aliphatic carbocycles. The summed E-state index contributed by atoms with van der Waals surface area (Å²) in [5, 5.41) is 0. The zero-order valence-electron chi connectivity index (χ0n) is 2.92. The van der Waals surface area contributed by atoms with Crippen LogP contribution in [0.1, 0.15) is 0 Å². The third kappa shape index (κ3) is 2.05. The molecule has 3 heteroatoms. The summed E-state index contributed by atoms with van der Waals surface area (Å²) in [6, 6.07) is 0. The van der Waals surface area contributed by atoms with Crippen LogP contribution in [0.2, 0.25) is 0 Å². The van der Waals surface area contributed by atoms with Crippen LogP contribution in [0, 0.1) is 13.3 Å². The van der Waals surface area contributed by atoms with Crippen LogP contribution in [0.25, 0.3) is 0 Å². The van der Waals surface area contributed by atoms with Crippen LogP contribution < -0.4 is 0 Å². The van der Waals surface area contributed by atoms with Crippen LogP contribution in [-0.2, 0) is 0 Å². The van der Waals surface area contributed by atoms with Crippen LogP contribution in [0.15, 0.2) is 0 Å². The fourth-order valence-electron chi connectivity index (χ4n) is 0. The molecule has 36 valence electrons. The van der Waals surface area contributed by atoms with E-state index in [4.69, 9.17) is 0 Å². The zero-order chi connectivity index (χ0) is 5.15. The van der Waals surface area contributed by atoms with E-state index in [2.05, 4.69) is 6.92 Å². The molecule has 0 aliphatic rings. The molecule has 0 heterocycles. The van der Waals surface area contributed by atoms with Gasteiger partial charge in [-0.2, -0.15) is 8.78 Å². The molecule has 0 spiro atoms. The van der Waals surface area contributed by atoms with Crippen molar-refractivity contribution in [2.45, 2.75) is 6.17 Å². The number of hydrogen-bond donors (Lipinski definition) is 0. The van der Waals surface area contributed by atoms with Gasteiger partial charge in [0.2, 0.25) is 0 Å². The van der Waals surface area contributed by atoms with E-state index in [-0.39, 0.29) is 0 Å². The number of rotatable bonds is 1. The molecule has 0 bridgehead atoms. The van der Waals surface area contributed by atoms with Crippen molar-refractivity contribution >= 4 is 0 Å². The summed E-state index contributed by atoms with van der Waals surface area (Å²) in [5.41, 5.74) is 0. The van der Waals surface area contributed by atoms with Crippen LogP contribution in [0.3, 0.4) is 0 Å². The first-order chi connectivity index (χ1) is 2.64. The molecule has 2 radical (unpaired) electrons. The summed E-state index contributed by atoms with van der Waals surface area (Å²) in [6.45, 7) is 2.38. The summed E-state index contributed by atoms with van der Waals surface area (Å²) < 4.78 is 32.2. The Kier molecular flexibility index (Phi) is 1.98. The van der Waals surface area contributed by atoms with Crippen molar-refractivity contribution in [1.82, 2.24) is 0 Å². The van der Waals surface area contributed by atoms with E-state index >= 15 is 0 Å². The van der Waals surface area contributed by atoms with E-state index in [0.717, 1.165) is 0 Å².